The number of carbonyl (C=O) groups is 1. The van der Waals surface area contributed by atoms with Gasteiger partial charge in [-0.3, -0.25) is 4.79 Å². The number of carbonyl (C=O) groups excluding carboxylic acids is 1. The van der Waals surface area contributed by atoms with Crippen LogP contribution in [-0.4, -0.2) is 37.0 Å². The summed E-state index contributed by atoms with van der Waals surface area (Å²) in [6.45, 7) is 4.35. The molecule has 0 atom stereocenters. The number of hydrogen-bond acceptors (Lipinski definition) is 3. The average molecular weight is 330 g/mol. The van der Waals surface area contributed by atoms with Crippen LogP contribution in [0.5, 0.6) is 0 Å². The molecule has 1 saturated heterocycles. The van der Waals surface area contributed by atoms with Gasteiger partial charge in [0.1, 0.15) is 0 Å². The SMILES string of the molecule is Nc1ccc(CCC(=O)NCCCN2CCCC2)cc1.[HH].[HH].[V]. The van der Waals surface area contributed by atoms with Crippen LogP contribution >= 0.6 is 0 Å². The van der Waals surface area contributed by atoms with Crippen molar-refractivity contribution in [3.8, 4) is 0 Å². The van der Waals surface area contributed by atoms with Crippen molar-refractivity contribution in [3.63, 3.8) is 0 Å². The predicted octanol–water partition coefficient (Wildman–Crippen LogP) is 2.29. The van der Waals surface area contributed by atoms with Gasteiger partial charge < -0.3 is 16.0 Å². The van der Waals surface area contributed by atoms with E-state index in [1.54, 1.807) is 0 Å². The molecule has 0 aromatic heterocycles. The monoisotopic (exact) mass is 330 g/mol. The molecule has 1 aliphatic heterocycles. The van der Waals surface area contributed by atoms with E-state index in [1.807, 2.05) is 24.3 Å². The number of nitrogens with zero attached hydrogens (tertiary/aromatic N) is 1. The molecule has 0 unspecified atom stereocenters. The number of nitrogens with one attached hydrogen (secondary N) is 1. The summed E-state index contributed by atoms with van der Waals surface area (Å²) in [5, 5.41) is 3.00. The molecule has 2 rings (SSSR count). The third-order valence-corrected chi connectivity index (χ3v) is 3.79. The van der Waals surface area contributed by atoms with Crippen LogP contribution in [0, 0.1) is 0 Å². The van der Waals surface area contributed by atoms with Gasteiger partial charge in [-0.05, 0) is 63.0 Å². The van der Waals surface area contributed by atoms with Crippen molar-refractivity contribution in [2.45, 2.75) is 32.1 Å². The van der Waals surface area contributed by atoms with E-state index in [9.17, 15) is 4.79 Å². The van der Waals surface area contributed by atoms with Gasteiger partial charge >= 0.3 is 0 Å². The maximum absolute atomic E-state index is 11.7. The summed E-state index contributed by atoms with van der Waals surface area (Å²) in [5.41, 5.74) is 7.55. The smallest absolute Gasteiger partial charge is 0.220 e. The van der Waals surface area contributed by atoms with E-state index in [0.29, 0.717) is 6.42 Å². The van der Waals surface area contributed by atoms with Crippen LogP contribution in [0.3, 0.4) is 0 Å². The van der Waals surface area contributed by atoms with E-state index in [2.05, 4.69) is 10.2 Å². The molecule has 1 fully saturated rings. The first kappa shape index (κ1) is 18.1. The second-order valence-electron chi connectivity index (χ2n) is 5.49. The second kappa shape index (κ2) is 9.88. The largest absolute Gasteiger partial charge is 0.399 e. The first-order valence-electron chi connectivity index (χ1n) is 7.57. The minimum atomic E-state index is 0. The maximum Gasteiger partial charge on any atom is 0.220 e. The Balaban J connectivity index is 0. The van der Waals surface area contributed by atoms with E-state index in [0.717, 1.165) is 37.2 Å². The van der Waals surface area contributed by atoms with Crippen molar-refractivity contribution in [2.24, 2.45) is 0 Å². The van der Waals surface area contributed by atoms with Crippen molar-refractivity contribution in [3.05, 3.63) is 29.8 Å². The fourth-order valence-corrected chi connectivity index (χ4v) is 2.57. The number of benzene rings is 1. The minimum Gasteiger partial charge on any atom is -0.399 e. The maximum atomic E-state index is 11.7. The van der Waals surface area contributed by atoms with Gasteiger partial charge in [0.05, 0.1) is 0 Å². The third kappa shape index (κ3) is 7.03. The van der Waals surface area contributed by atoms with E-state index in [1.165, 1.54) is 25.9 Å². The Kier molecular flexibility index (Phi) is 8.51. The number of rotatable bonds is 7. The van der Waals surface area contributed by atoms with Crippen molar-refractivity contribution in [1.29, 1.82) is 0 Å². The summed E-state index contributed by atoms with van der Waals surface area (Å²) in [5.74, 6) is 0.142. The molecule has 3 N–H and O–H groups in total. The van der Waals surface area contributed by atoms with Gasteiger partial charge in [0, 0.05) is 40.1 Å². The molecule has 1 aromatic rings. The van der Waals surface area contributed by atoms with Crippen LogP contribution in [0.15, 0.2) is 24.3 Å². The van der Waals surface area contributed by atoms with Gasteiger partial charge in [0.15, 0.2) is 0 Å². The van der Waals surface area contributed by atoms with Gasteiger partial charge in [0.25, 0.3) is 0 Å². The molecule has 0 aliphatic carbocycles. The second-order valence-corrected chi connectivity index (χ2v) is 5.49. The zero-order valence-electron chi connectivity index (χ0n) is 12.6. The first-order chi connectivity index (χ1) is 9.74. The Morgan fingerprint density at radius 3 is 2.57 bits per heavy atom. The third-order valence-electron chi connectivity index (χ3n) is 3.79. The fraction of sp³-hybridized carbons (Fsp3) is 0.562. The van der Waals surface area contributed by atoms with Crippen molar-refractivity contribution >= 4 is 11.6 Å². The van der Waals surface area contributed by atoms with Crippen molar-refractivity contribution in [2.75, 3.05) is 31.9 Å². The molecule has 0 spiro atoms. The molecule has 1 amide bonds. The quantitative estimate of drug-likeness (QED) is 0.596. The molecule has 119 valence electrons. The number of nitrogen functional groups attached to an aromatic ring is 1. The van der Waals surface area contributed by atoms with E-state index >= 15 is 0 Å². The zero-order chi connectivity index (χ0) is 14.2. The van der Waals surface area contributed by atoms with E-state index < -0.39 is 0 Å². The van der Waals surface area contributed by atoms with Gasteiger partial charge in [-0.2, -0.15) is 0 Å². The summed E-state index contributed by atoms with van der Waals surface area (Å²) in [7, 11) is 0. The Bertz CT molecular complexity index is 426. The molecule has 1 aromatic carbocycles. The van der Waals surface area contributed by atoms with Gasteiger partial charge in [-0.1, -0.05) is 12.1 Å². The molecular formula is C16H29N3OV. The zero-order valence-corrected chi connectivity index (χ0v) is 14.0. The van der Waals surface area contributed by atoms with Crippen molar-refractivity contribution < 1.29 is 26.2 Å². The Morgan fingerprint density at radius 1 is 1.24 bits per heavy atom. The molecule has 1 heterocycles. The number of amides is 1. The summed E-state index contributed by atoms with van der Waals surface area (Å²) in [6, 6.07) is 7.72. The Hall–Kier alpha value is -0.966. The molecule has 5 heteroatoms. The van der Waals surface area contributed by atoms with E-state index in [-0.39, 0.29) is 27.3 Å². The topological polar surface area (TPSA) is 58.4 Å². The van der Waals surface area contributed by atoms with Crippen LogP contribution in [0.25, 0.3) is 0 Å². The molecule has 21 heavy (non-hydrogen) atoms. The standard InChI is InChI=1S/C16H25N3O.V.2H2/c17-15-7-4-14(5-8-15)6-9-16(20)18-10-3-13-19-11-1-2-12-19;;;/h4-5,7-8H,1-3,6,9-13,17H2,(H,18,20);;2*1H. The first-order valence-corrected chi connectivity index (χ1v) is 7.57. The van der Waals surface area contributed by atoms with Crippen LogP contribution < -0.4 is 11.1 Å². The molecule has 0 saturated carbocycles. The fourth-order valence-electron chi connectivity index (χ4n) is 2.57. The number of likely N-dealkylation sites (tertiary alicyclic amines) is 1. The van der Waals surface area contributed by atoms with Gasteiger partial charge in [-0.25, -0.2) is 0 Å². The molecule has 1 aliphatic rings. The normalized spacial score (nSPS) is 14.7. The molecule has 1 radical (unpaired) electrons. The number of aryl methyl sites for hydroxylation is 1. The van der Waals surface area contributed by atoms with E-state index in [4.69, 9.17) is 5.73 Å². The number of hydrogen-bond donors (Lipinski definition) is 2. The summed E-state index contributed by atoms with van der Waals surface area (Å²) in [4.78, 5) is 14.2. The predicted molar refractivity (Wildman–Crippen MR) is 86.7 cm³/mol. The van der Waals surface area contributed by atoms with Gasteiger partial charge in [-0.15, -0.1) is 0 Å². The van der Waals surface area contributed by atoms with Crippen LogP contribution in [0.2, 0.25) is 0 Å². The minimum absolute atomic E-state index is 0. The van der Waals surface area contributed by atoms with Crippen LogP contribution in [-0.2, 0) is 29.8 Å². The van der Waals surface area contributed by atoms with Gasteiger partial charge in [0.2, 0.25) is 5.91 Å². The summed E-state index contributed by atoms with van der Waals surface area (Å²) in [6.07, 6.45) is 5.03. The average Bonchev–Trinajstić information content (AvgIpc) is 2.96. The summed E-state index contributed by atoms with van der Waals surface area (Å²) < 4.78 is 0. The number of anilines is 1. The van der Waals surface area contributed by atoms with Crippen LogP contribution in [0.4, 0.5) is 5.69 Å². The Labute approximate surface area is 142 Å². The Morgan fingerprint density at radius 2 is 1.90 bits per heavy atom. The number of nitrogens with two attached hydrogens (primary N) is 1. The molecule has 4 nitrogen and oxygen atoms in total. The summed E-state index contributed by atoms with van der Waals surface area (Å²) >= 11 is 0. The van der Waals surface area contributed by atoms with Crippen molar-refractivity contribution in [1.82, 2.24) is 10.2 Å². The molecule has 0 bridgehead atoms. The van der Waals surface area contributed by atoms with Crippen LogP contribution in [0.1, 0.15) is 34.1 Å². The molecular weight excluding hydrogens is 301 g/mol.